The van der Waals surface area contributed by atoms with Gasteiger partial charge in [-0.05, 0) is 6.42 Å². The van der Waals surface area contributed by atoms with Gasteiger partial charge >= 0.3 is 5.97 Å². The predicted octanol–water partition coefficient (Wildman–Crippen LogP) is 1.51. The molecule has 0 radical (unpaired) electrons. The first-order chi connectivity index (χ1) is 9.45. The van der Waals surface area contributed by atoms with Crippen LogP contribution in [0.3, 0.4) is 0 Å². The Labute approximate surface area is 115 Å². The molecule has 7 heteroatoms. The van der Waals surface area contributed by atoms with Gasteiger partial charge in [0.05, 0.1) is 11.3 Å². The lowest BCUT2D eigenvalue weighted by Crippen LogP contribution is -2.41. The summed E-state index contributed by atoms with van der Waals surface area (Å²) in [5, 5.41) is 22.1. The number of carbonyl (C=O) groups is 2. The van der Waals surface area contributed by atoms with Crippen LogP contribution in [0, 0.1) is 10.1 Å². The van der Waals surface area contributed by atoms with Crippen LogP contribution in [0.2, 0.25) is 0 Å². The smallest absolute Gasteiger partial charge is 0.326 e. The number of carboxylic acids is 1. The predicted molar refractivity (Wildman–Crippen MR) is 71.3 cm³/mol. The second-order valence-electron chi connectivity index (χ2n) is 4.31. The summed E-state index contributed by atoms with van der Waals surface area (Å²) in [7, 11) is 0. The number of hydrogen-bond acceptors (Lipinski definition) is 4. The molecule has 0 spiro atoms. The molecule has 0 aliphatic heterocycles. The van der Waals surface area contributed by atoms with Crippen molar-refractivity contribution < 1.29 is 19.6 Å². The van der Waals surface area contributed by atoms with Gasteiger partial charge in [-0.25, -0.2) is 4.79 Å². The van der Waals surface area contributed by atoms with Crippen LogP contribution in [0.15, 0.2) is 24.3 Å². The van der Waals surface area contributed by atoms with E-state index < -0.39 is 22.8 Å². The summed E-state index contributed by atoms with van der Waals surface area (Å²) in [5.74, 6) is -1.65. The lowest BCUT2D eigenvalue weighted by atomic mass is 10.1. The molecule has 0 aliphatic carbocycles. The first-order valence-electron chi connectivity index (χ1n) is 6.20. The Morgan fingerprint density at radius 3 is 2.60 bits per heavy atom. The normalized spacial score (nSPS) is 11.7. The Hall–Kier alpha value is -2.44. The summed E-state index contributed by atoms with van der Waals surface area (Å²) in [6.07, 6.45) is 0.714. The van der Waals surface area contributed by atoms with Crippen LogP contribution >= 0.6 is 0 Å². The molecule has 0 bridgehead atoms. The number of rotatable bonds is 7. The largest absolute Gasteiger partial charge is 0.480 e. The minimum absolute atomic E-state index is 0.148. The number of amides is 1. The van der Waals surface area contributed by atoms with E-state index in [4.69, 9.17) is 5.11 Å². The molecule has 108 valence electrons. The van der Waals surface area contributed by atoms with Gasteiger partial charge in [-0.1, -0.05) is 31.5 Å². The molecule has 1 atom stereocenters. The van der Waals surface area contributed by atoms with Gasteiger partial charge in [0.2, 0.25) is 5.91 Å². The highest BCUT2D eigenvalue weighted by Gasteiger charge is 2.21. The number of para-hydroxylation sites is 1. The van der Waals surface area contributed by atoms with Crippen molar-refractivity contribution >= 4 is 17.6 Å². The lowest BCUT2D eigenvalue weighted by molar-refractivity contribution is -0.385. The molecule has 0 saturated heterocycles. The molecule has 0 fully saturated rings. The molecule has 1 aromatic carbocycles. The van der Waals surface area contributed by atoms with E-state index in [-0.39, 0.29) is 17.7 Å². The summed E-state index contributed by atoms with van der Waals surface area (Å²) in [6.45, 7) is 1.81. The maximum atomic E-state index is 11.8. The number of nitro benzene ring substituents is 1. The quantitative estimate of drug-likeness (QED) is 0.581. The fourth-order valence-corrected chi connectivity index (χ4v) is 1.80. The van der Waals surface area contributed by atoms with Crippen LogP contribution in [-0.4, -0.2) is 27.9 Å². The minimum atomic E-state index is -1.11. The molecule has 2 N–H and O–H groups in total. The first-order valence-corrected chi connectivity index (χ1v) is 6.20. The Morgan fingerprint density at radius 2 is 2.05 bits per heavy atom. The molecule has 0 heterocycles. The highest BCUT2D eigenvalue weighted by Crippen LogP contribution is 2.18. The second kappa shape index (κ2) is 7.22. The second-order valence-corrected chi connectivity index (χ2v) is 4.31. The van der Waals surface area contributed by atoms with Gasteiger partial charge in [-0.15, -0.1) is 0 Å². The van der Waals surface area contributed by atoms with Crippen LogP contribution in [0.1, 0.15) is 25.3 Å². The highest BCUT2D eigenvalue weighted by atomic mass is 16.6. The molecule has 1 aromatic rings. The van der Waals surface area contributed by atoms with E-state index >= 15 is 0 Å². The summed E-state index contributed by atoms with van der Waals surface area (Å²) >= 11 is 0. The van der Waals surface area contributed by atoms with Crippen LogP contribution < -0.4 is 5.32 Å². The van der Waals surface area contributed by atoms with Gasteiger partial charge in [0.25, 0.3) is 5.69 Å². The lowest BCUT2D eigenvalue weighted by Gasteiger charge is -2.13. The third-order valence-corrected chi connectivity index (χ3v) is 2.75. The standard InChI is InChI=1S/C13H16N2O5/c1-2-5-10(13(17)18)14-12(16)8-9-6-3-4-7-11(9)15(19)20/h3-4,6-7,10H,2,5,8H2,1H3,(H,14,16)(H,17,18)/t10-/m1/s1. The maximum Gasteiger partial charge on any atom is 0.326 e. The number of nitrogens with one attached hydrogen (secondary N) is 1. The van der Waals surface area contributed by atoms with Crippen molar-refractivity contribution in [3.05, 3.63) is 39.9 Å². The third-order valence-electron chi connectivity index (χ3n) is 2.75. The molecular weight excluding hydrogens is 264 g/mol. The van der Waals surface area contributed by atoms with Crippen molar-refractivity contribution in [3.8, 4) is 0 Å². The van der Waals surface area contributed by atoms with Gasteiger partial charge < -0.3 is 10.4 Å². The van der Waals surface area contributed by atoms with E-state index in [2.05, 4.69) is 5.32 Å². The molecule has 1 amide bonds. The van der Waals surface area contributed by atoms with Crippen molar-refractivity contribution in [2.75, 3.05) is 0 Å². The minimum Gasteiger partial charge on any atom is -0.480 e. The molecule has 20 heavy (non-hydrogen) atoms. The zero-order valence-electron chi connectivity index (χ0n) is 11.0. The maximum absolute atomic E-state index is 11.8. The van der Waals surface area contributed by atoms with Crippen LogP contribution in [0.5, 0.6) is 0 Å². The molecule has 7 nitrogen and oxygen atoms in total. The summed E-state index contributed by atoms with van der Waals surface area (Å²) in [5.41, 5.74) is 0.112. The third kappa shape index (κ3) is 4.34. The summed E-state index contributed by atoms with van der Waals surface area (Å²) in [6, 6.07) is 4.93. The van der Waals surface area contributed by atoms with Crippen molar-refractivity contribution in [3.63, 3.8) is 0 Å². The van der Waals surface area contributed by atoms with Crippen LogP contribution in [-0.2, 0) is 16.0 Å². The molecule has 0 unspecified atom stereocenters. The van der Waals surface area contributed by atoms with E-state index in [1.165, 1.54) is 18.2 Å². The fourth-order valence-electron chi connectivity index (χ4n) is 1.80. The number of hydrogen-bond donors (Lipinski definition) is 2. The number of carbonyl (C=O) groups excluding carboxylic acids is 1. The van der Waals surface area contributed by atoms with Crippen molar-refractivity contribution in [2.24, 2.45) is 0 Å². The summed E-state index contributed by atoms with van der Waals surface area (Å²) in [4.78, 5) is 33.0. The first kappa shape index (κ1) is 15.6. The summed E-state index contributed by atoms with van der Waals surface area (Å²) < 4.78 is 0. The van der Waals surface area contributed by atoms with Gasteiger partial charge in [-0.3, -0.25) is 14.9 Å². The van der Waals surface area contributed by atoms with E-state index in [0.717, 1.165) is 0 Å². The molecule has 0 aromatic heterocycles. The van der Waals surface area contributed by atoms with E-state index in [1.807, 2.05) is 6.92 Å². The van der Waals surface area contributed by atoms with Crippen molar-refractivity contribution in [1.82, 2.24) is 5.32 Å². The van der Waals surface area contributed by atoms with Crippen LogP contribution in [0.25, 0.3) is 0 Å². The number of carboxylic acid groups (broad SMARTS) is 1. The number of benzene rings is 1. The zero-order chi connectivity index (χ0) is 15.1. The van der Waals surface area contributed by atoms with Gasteiger partial charge in [0.1, 0.15) is 6.04 Å². The monoisotopic (exact) mass is 280 g/mol. The van der Waals surface area contributed by atoms with Gasteiger partial charge in [0.15, 0.2) is 0 Å². The van der Waals surface area contributed by atoms with Gasteiger partial charge in [-0.2, -0.15) is 0 Å². The Morgan fingerprint density at radius 1 is 1.40 bits per heavy atom. The fraction of sp³-hybridized carbons (Fsp3) is 0.385. The molecule has 0 aliphatic rings. The van der Waals surface area contributed by atoms with E-state index in [9.17, 15) is 19.7 Å². The Kier molecular flexibility index (Phi) is 5.64. The average molecular weight is 280 g/mol. The zero-order valence-corrected chi connectivity index (χ0v) is 11.0. The molecule has 0 saturated carbocycles. The molecule has 1 rings (SSSR count). The highest BCUT2D eigenvalue weighted by molar-refractivity contribution is 5.85. The van der Waals surface area contributed by atoms with Crippen LogP contribution in [0.4, 0.5) is 5.69 Å². The van der Waals surface area contributed by atoms with E-state index in [0.29, 0.717) is 12.8 Å². The molecular formula is C13H16N2O5. The topological polar surface area (TPSA) is 110 Å². The number of nitro groups is 1. The average Bonchev–Trinajstić information content (AvgIpc) is 2.38. The van der Waals surface area contributed by atoms with E-state index in [1.54, 1.807) is 6.07 Å². The Balaban J connectivity index is 2.76. The SMILES string of the molecule is CCC[C@@H](NC(=O)Cc1ccccc1[N+](=O)[O-])C(=O)O. The number of nitrogens with zero attached hydrogens (tertiary/aromatic N) is 1. The Bertz CT molecular complexity index is 515. The van der Waals surface area contributed by atoms with Crippen molar-refractivity contribution in [1.29, 1.82) is 0 Å². The van der Waals surface area contributed by atoms with Crippen molar-refractivity contribution in [2.45, 2.75) is 32.2 Å². The van der Waals surface area contributed by atoms with Gasteiger partial charge in [0, 0.05) is 11.6 Å². The number of aliphatic carboxylic acids is 1.